The van der Waals surface area contributed by atoms with Crippen molar-refractivity contribution in [3.8, 4) is 24.3 Å². The molecule has 22 heteroatoms. The van der Waals surface area contributed by atoms with Crippen molar-refractivity contribution in [3.05, 3.63) is 46.3 Å². The summed E-state index contributed by atoms with van der Waals surface area (Å²) in [5.41, 5.74) is -2.76. The van der Waals surface area contributed by atoms with Gasteiger partial charge in [-0.3, -0.25) is 21.3 Å². The predicted molar refractivity (Wildman–Crippen MR) is 211 cm³/mol. The lowest BCUT2D eigenvalue weighted by molar-refractivity contribution is -0.156. The first-order valence-corrected chi connectivity index (χ1v) is 16.3. The zero-order valence-electron chi connectivity index (χ0n) is 32.9. The Bertz CT molecular complexity index is 1540. The van der Waals surface area contributed by atoms with Crippen molar-refractivity contribution < 1.29 is 78.0 Å². The van der Waals surface area contributed by atoms with Crippen molar-refractivity contribution in [2.24, 2.45) is 11.3 Å². The summed E-state index contributed by atoms with van der Waals surface area (Å²) in [6.07, 6.45) is -0.464. The van der Waals surface area contributed by atoms with Gasteiger partial charge < -0.3 is 60.0 Å². The highest BCUT2D eigenvalue weighted by atomic mass is 16.6. The van der Waals surface area contributed by atoms with Crippen LogP contribution in [0.1, 0.15) is 62.8 Å². The van der Waals surface area contributed by atoms with Gasteiger partial charge >= 0.3 is 35.8 Å². The molecule has 60 heavy (non-hydrogen) atoms. The number of aliphatic hydroxyl groups excluding tert-OH is 3. The fourth-order valence-corrected chi connectivity index (χ4v) is 2.64. The molecule has 0 rings (SSSR count). The molecule has 2 atom stereocenters. The van der Waals surface area contributed by atoms with Crippen LogP contribution in [0.4, 0.5) is 0 Å². The van der Waals surface area contributed by atoms with E-state index in [0.717, 1.165) is 0 Å². The summed E-state index contributed by atoms with van der Waals surface area (Å²) in [5.74, 6) is -2.80. The summed E-state index contributed by atoms with van der Waals surface area (Å²) >= 11 is 0. The second-order valence-electron chi connectivity index (χ2n) is 9.27. The van der Waals surface area contributed by atoms with Gasteiger partial charge in [-0.25, -0.2) is 19.2 Å². The summed E-state index contributed by atoms with van der Waals surface area (Å²) in [7, 11) is 0. The topological polar surface area (TPSA) is 388 Å². The maximum absolute atomic E-state index is 11.7. The first kappa shape index (κ1) is 70.8. The molecular formula is C38H55N6O16-3. The summed E-state index contributed by atoms with van der Waals surface area (Å²) in [6.45, 7) is 15.2. The second-order valence-corrected chi connectivity index (χ2v) is 9.27. The minimum absolute atomic E-state index is 0. The van der Waals surface area contributed by atoms with Gasteiger partial charge in [0, 0.05) is 6.42 Å². The first-order chi connectivity index (χ1) is 27.0. The smallest absolute Gasteiger partial charge is 0.348 e. The zero-order valence-corrected chi connectivity index (χ0v) is 32.9. The highest BCUT2D eigenvalue weighted by Crippen LogP contribution is 2.28. The maximum Gasteiger partial charge on any atom is 0.348 e. The molecule has 0 aromatic carbocycles. The predicted octanol–water partition coefficient (Wildman–Crippen LogP) is 1.91. The average Bonchev–Trinajstić information content (AvgIpc) is 3.20. The molecule has 0 amide bonds. The number of rotatable bonds is 17. The van der Waals surface area contributed by atoms with Crippen molar-refractivity contribution in [3.63, 3.8) is 0 Å². The number of carbonyl (C=O) groups excluding carboxylic acids is 6. The van der Waals surface area contributed by atoms with Gasteiger partial charge in [-0.05, 0) is 41.5 Å². The molecule has 0 saturated heterocycles. The van der Waals surface area contributed by atoms with Crippen LogP contribution in [0.5, 0.6) is 0 Å². The van der Waals surface area contributed by atoms with E-state index >= 15 is 0 Å². The molecule has 336 valence electrons. The van der Waals surface area contributed by atoms with Crippen LogP contribution in [-0.2, 0) is 57.2 Å². The van der Waals surface area contributed by atoms with Crippen molar-refractivity contribution in [2.45, 2.75) is 62.8 Å². The molecule has 0 spiro atoms. The Balaban J connectivity index is -0.0000000964. The Morgan fingerprint density at radius 1 is 0.600 bits per heavy atom. The highest BCUT2D eigenvalue weighted by Gasteiger charge is 2.44. The van der Waals surface area contributed by atoms with E-state index in [9.17, 15) is 33.9 Å². The minimum Gasteiger partial charge on any atom is -0.870 e. The number of esters is 6. The van der Waals surface area contributed by atoms with E-state index in [-0.39, 0.29) is 82.3 Å². The van der Waals surface area contributed by atoms with Crippen LogP contribution < -0.4 is 0 Å². The number of nitrogens with zero attached hydrogens (tertiary/aromatic N) is 6. The number of ether oxygens (including phenoxy) is 6. The molecule has 0 heterocycles. The van der Waals surface area contributed by atoms with Crippen LogP contribution in [-0.4, -0.2) is 128 Å². The molecule has 0 bridgehead atoms. The Hall–Kier alpha value is -7.00. The van der Waals surface area contributed by atoms with Crippen molar-refractivity contribution in [1.29, 1.82) is 21.0 Å². The zero-order chi connectivity index (χ0) is 45.4. The van der Waals surface area contributed by atoms with E-state index in [2.05, 4.69) is 36.8 Å². The van der Waals surface area contributed by atoms with Gasteiger partial charge in [-0.1, -0.05) is 28.0 Å². The SMILES string of the molecule is C.C.C=C(C#N)C(=O)OCC.C=C(C#N)C(=O)OCC.CCOC(=O)C(=C=[N-])CO.CCOC(=O)C(=C=[N-])CO.CCOC(=O)C(C#N)CC(C#N)(CO)C(=O)OCC.[OH-]. The lowest BCUT2D eigenvalue weighted by Gasteiger charge is -2.23. The van der Waals surface area contributed by atoms with Gasteiger partial charge in [0.25, 0.3) is 0 Å². The summed E-state index contributed by atoms with van der Waals surface area (Å²) in [4.78, 5) is 65.2. The monoisotopic (exact) mass is 851 g/mol. The van der Waals surface area contributed by atoms with Crippen LogP contribution >= 0.6 is 0 Å². The van der Waals surface area contributed by atoms with Gasteiger partial charge in [0.2, 0.25) is 0 Å². The number of hydrogen-bond donors (Lipinski definition) is 3. The van der Waals surface area contributed by atoms with E-state index in [1.807, 2.05) is 0 Å². The number of carbonyl (C=O) groups is 6. The molecule has 0 saturated carbocycles. The standard InChI is InChI=1S/C12H16N2O5.2C6H8NO3.2C6H7NO2.2CH4.H2O/c1-3-18-10(16)9(6-13)5-12(7-14,8-15)11(17)19-4-2;2*1-2-10-6(9)5(3-7)4-8;2*1-3-9-6(8)5(2)4-7;;;/h9,15H,3-5,8H2,1-2H3;2*8H,2,4H2,1H3;2*2-3H2,1H3;2*1H4;1H2/q;2*-1;;;;;/p-1. The molecule has 0 aromatic rings. The van der Waals surface area contributed by atoms with Crippen LogP contribution in [0, 0.1) is 56.7 Å². The normalized spacial score (nSPS) is 9.55. The van der Waals surface area contributed by atoms with Crippen LogP contribution in [0.25, 0.3) is 10.8 Å². The molecule has 0 fully saturated rings. The summed E-state index contributed by atoms with van der Waals surface area (Å²) in [5, 5.41) is 76.4. The van der Waals surface area contributed by atoms with Gasteiger partial charge in [0.05, 0.1) is 82.7 Å². The van der Waals surface area contributed by atoms with E-state index in [0.29, 0.717) is 0 Å². The lowest BCUT2D eigenvalue weighted by atomic mass is 9.81. The van der Waals surface area contributed by atoms with Crippen LogP contribution in [0.2, 0.25) is 0 Å². The van der Waals surface area contributed by atoms with Gasteiger partial charge in [-0.2, -0.15) is 21.0 Å². The average molecular weight is 852 g/mol. The summed E-state index contributed by atoms with van der Waals surface area (Å²) in [6, 6.07) is 6.45. The third kappa shape index (κ3) is 33.2. The first-order valence-electron chi connectivity index (χ1n) is 16.3. The van der Waals surface area contributed by atoms with E-state index in [1.54, 1.807) is 65.8 Å². The van der Waals surface area contributed by atoms with Gasteiger partial charge in [-0.15, -0.1) is 0 Å². The summed E-state index contributed by atoms with van der Waals surface area (Å²) < 4.78 is 27.1. The molecule has 4 N–H and O–H groups in total. The van der Waals surface area contributed by atoms with E-state index < -0.39 is 73.4 Å². The van der Waals surface area contributed by atoms with Crippen molar-refractivity contribution >= 4 is 47.6 Å². The quantitative estimate of drug-likeness (QED) is 0.0618. The number of nitriles is 4. The van der Waals surface area contributed by atoms with Crippen LogP contribution in [0.15, 0.2) is 35.5 Å². The second kappa shape index (κ2) is 46.4. The molecule has 0 aromatic heterocycles. The molecule has 22 nitrogen and oxygen atoms in total. The Morgan fingerprint density at radius 2 is 0.917 bits per heavy atom. The maximum atomic E-state index is 11.7. The Labute approximate surface area is 350 Å². The Morgan fingerprint density at radius 3 is 1.13 bits per heavy atom. The fourth-order valence-electron chi connectivity index (χ4n) is 2.64. The highest BCUT2D eigenvalue weighted by molar-refractivity contribution is 5.99. The van der Waals surface area contributed by atoms with Gasteiger partial charge in [0.15, 0.2) is 5.41 Å². The number of aliphatic hydroxyl groups is 3. The molecule has 0 radical (unpaired) electrons. The molecule has 0 aliphatic heterocycles. The third-order valence-electron chi connectivity index (χ3n) is 5.37. The lowest BCUT2D eigenvalue weighted by Crippen LogP contribution is -2.38. The van der Waals surface area contributed by atoms with Crippen molar-refractivity contribution in [1.82, 2.24) is 0 Å². The fraction of sp³-hybridized carbons (Fsp3) is 0.526. The molecule has 2 unspecified atom stereocenters. The molecular weight excluding hydrogens is 796 g/mol. The van der Waals surface area contributed by atoms with E-state index in [4.69, 9.17) is 46.8 Å². The minimum atomic E-state index is -1.93. The molecule has 0 aliphatic carbocycles. The molecule has 0 aliphatic rings. The van der Waals surface area contributed by atoms with Crippen LogP contribution in [0.3, 0.4) is 0 Å². The van der Waals surface area contributed by atoms with Crippen molar-refractivity contribution in [2.75, 3.05) is 59.5 Å². The largest absolute Gasteiger partial charge is 0.870 e. The van der Waals surface area contributed by atoms with E-state index in [1.165, 1.54) is 11.7 Å². The number of hydrogen-bond acceptors (Lipinski definition) is 20. The Kier molecular flexibility index (Phi) is 54.7. The third-order valence-corrected chi connectivity index (χ3v) is 5.37. The van der Waals surface area contributed by atoms with Gasteiger partial charge in [0.1, 0.15) is 29.2 Å².